The second-order valence-corrected chi connectivity index (χ2v) is 8.79. The second-order valence-electron chi connectivity index (χ2n) is 8.79. The number of amides is 1. The number of pyridine rings is 1. The Hall–Kier alpha value is -3.92. The predicted molar refractivity (Wildman–Crippen MR) is 138 cm³/mol. The number of fused-ring (bicyclic) bond motifs is 1. The van der Waals surface area contributed by atoms with Crippen molar-refractivity contribution in [1.82, 2.24) is 20.3 Å². The number of rotatable bonds is 6. The molecule has 1 fully saturated rings. The molecule has 2 N–H and O–H groups in total. The number of nitrogens with one attached hydrogen (secondary N) is 2. The normalized spacial score (nSPS) is 15.6. The molecule has 2 aliphatic rings. The Labute approximate surface area is 210 Å². The van der Waals surface area contributed by atoms with Crippen molar-refractivity contribution in [2.24, 2.45) is 0 Å². The molecule has 2 aliphatic heterocycles. The summed E-state index contributed by atoms with van der Waals surface area (Å²) in [5, 5.41) is 6.36. The molecule has 1 aromatic carbocycles. The highest BCUT2D eigenvalue weighted by Crippen LogP contribution is 2.32. The number of carbonyl (C=O) groups is 1. The highest BCUT2D eigenvalue weighted by Gasteiger charge is 2.21. The molecule has 10 nitrogen and oxygen atoms in total. The number of carbonyl (C=O) groups excluding carboxylic acids is 1. The zero-order valence-electron chi connectivity index (χ0n) is 20.7. The maximum absolute atomic E-state index is 13.2. The van der Waals surface area contributed by atoms with Crippen LogP contribution in [0.25, 0.3) is 0 Å². The smallest absolute Gasteiger partial charge is 0.274 e. The number of aromatic nitrogens is 3. The van der Waals surface area contributed by atoms with Gasteiger partial charge in [0.15, 0.2) is 11.5 Å². The molecule has 36 heavy (non-hydrogen) atoms. The molecule has 5 rings (SSSR count). The van der Waals surface area contributed by atoms with Gasteiger partial charge in [-0.05, 0) is 48.2 Å². The molecule has 1 amide bonds. The average Bonchev–Trinajstić information content (AvgIpc) is 3.15. The summed E-state index contributed by atoms with van der Waals surface area (Å²) >= 11 is 0. The summed E-state index contributed by atoms with van der Waals surface area (Å²) in [6, 6.07) is 7.67. The molecule has 0 radical (unpaired) electrons. The molecular weight excluding hydrogens is 458 g/mol. The zero-order chi connectivity index (χ0) is 24.9. The molecule has 0 spiro atoms. The number of ether oxygens (including phenoxy) is 2. The van der Waals surface area contributed by atoms with E-state index in [2.05, 4.69) is 35.4 Å². The molecule has 4 heterocycles. The van der Waals surface area contributed by atoms with Gasteiger partial charge in [-0.15, -0.1) is 0 Å². The first-order valence-corrected chi connectivity index (χ1v) is 12.2. The molecule has 0 saturated carbocycles. The van der Waals surface area contributed by atoms with Gasteiger partial charge < -0.3 is 29.9 Å². The van der Waals surface area contributed by atoms with E-state index in [0.717, 1.165) is 69.3 Å². The molecule has 2 aromatic heterocycles. The lowest BCUT2D eigenvalue weighted by Crippen LogP contribution is -2.43. The van der Waals surface area contributed by atoms with Crippen molar-refractivity contribution in [2.75, 3.05) is 68.6 Å². The lowest BCUT2D eigenvalue weighted by molar-refractivity contribution is 0.102. The molecule has 0 aliphatic carbocycles. The summed E-state index contributed by atoms with van der Waals surface area (Å²) in [6.07, 6.45) is 6.71. The summed E-state index contributed by atoms with van der Waals surface area (Å²) in [5.74, 6) is 1.73. The van der Waals surface area contributed by atoms with Crippen molar-refractivity contribution in [3.63, 3.8) is 0 Å². The molecule has 0 atom stereocenters. The van der Waals surface area contributed by atoms with Crippen LogP contribution in [-0.2, 0) is 12.8 Å². The van der Waals surface area contributed by atoms with E-state index >= 15 is 0 Å². The number of hydrogen-bond donors (Lipinski definition) is 2. The summed E-state index contributed by atoms with van der Waals surface area (Å²) in [4.78, 5) is 30.8. The highest BCUT2D eigenvalue weighted by atomic mass is 16.5. The molecule has 0 unspecified atom stereocenters. The summed E-state index contributed by atoms with van der Waals surface area (Å²) < 4.78 is 10.9. The van der Waals surface area contributed by atoms with Crippen LogP contribution in [0.3, 0.4) is 0 Å². The number of anilines is 3. The second kappa shape index (κ2) is 10.8. The van der Waals surface area contributed by atoms with Gasteiger partial charge in [0.25, 0.3) is 5.91 Å². The Balaban J connectivity index is 1.31. The van der Waals surface area contributed by atoms with E-state index in [0.29, 0.717) is 17.3 Å². The van der Waals surface area contributed by atoms with Crippen LogP contribution >= 0.6 is 0 Å². The summed E-state index contributed by atoms with van der Waals surface area (Å²) in [6.45, 7) is 5.04. The lowest BCUT2D eigenvalue weighted by atomic mass is 10.0. The highest BCUT2D eigenvalue weighted by molar-refractivity contribution is 6.04. The zero-order valence-corrected chi connectivity index (χ0v) is 20.7. The topological polar surface area (TPSA) is 105 Å². The van der Waals surface area contributed by atoms with Gasteiger partial charge in [-0.2, -0.15) is 0 Å². The minimum absolute atomic E-state index is 0.282. The van der Waals surface area contributed by atoms with Gasteiger partial charge in [-0.25, -0.2) is 9.97 Å². The molecule has 1 saturated heterocycles. The minimum Gasteiger partial charge on any atom is -0.493 e. The Morgan fingerprint density at radius 2 is 1.64 bits per heavy atom. The fourth-order valence-electron chi connectivity index (χ4n) is 4.73. The van der Waals surface area contributed by atoms with Gasteiger partial charge in [-0.3, -0.25) is 9.78 Å². The number of nitrogens with zero attached hydrogens (tertiary/aromatic N) is 5. The van der Waals surface area contributed by atoms with Gasteiger partial charge in [0, 0.05) is 51.7 Å². The molecule has 188 valence electrons. The van der Waals surface area contributed by atoms with Gasteiger partial charge in [0.1, 0.15) is 5.69 Å². The summed E-state index contributed by atoms with van der Waals surface area (Å²) in [5.41, 5.74) is 4.41. The minimum atomic E-state index is -0.282. The third-order valence-electron chi connectivity index (χ3n) is 6.67. The van der Waals surface area contributed by atoms with Crippen LogP contribution in [0.4, 0.5) is 17.3 Å². The molecular formula is C26H31N7O3. The van der Waals surface area contributed by atoms with Gasteiger partial charge in [0.2, 0.25) is 5.95 Å². The number of benzene rings is 1. The fourth-order valence-corrected chi connectivity index (χ4v) is 4.73. The SMILES string of the molecule is COc1cc2c(cc1OC)CCN(c1nccc(C(=O)Nc3cnccc3N3CCNCC3)n1)CC2. The standard InChI is InChI=1S/C26H31N7O3/c1-35-23-15-18-5-11-33(12-6-19(18)16-24(23)36-2)26-29-8-3-20(31-26)25(34)30-21-17-28-7-4-22(21)32-13-9-27-10-14-32/h3-4,7-8,15-17,27H,5-6,9-14H2,1-2H3,(H,30,34). The van der Waals surface area contributed by atoms with E-state index in [-0.39, 0.29) is 5.91 Å². The number of piperazine rings is 1. The third kappa shape index (κ3) is 5.03. The van der Waals surface area contributed by atoms with Gasteiger partial charge in [0.05, 0.1) is 31.8 Å². The van der Waals surface area contributed by atoms with E-state index in [1.807, 2.05) is 18.2 Å². The van der Waals surface area contributed by atoms with Crippen molar-refractivity contribution in [2.45, 2.75) is 12.8 Å². The largest absolute Gasteiger partial charge is 0.493 e. The van der Waals surface area contributed by atoms with Crippen LogP contribution in [0.1, 0.15) is 21.6 Å². The van der Waals surface area contributed by atoms with Crippen LogP contribution in [0.2, 0.25) is 0 Å². The quantitative estimate of drug-likeness (QED) is 0.539. The van der Waals surface area contributed by atoms with E-state index in [1.165, 1.54) is 11.1 Å². The molecule has 0 bridgehead atoms. The van der Waals surface area contributed by atoms with Gasteiger partial charge >= 0.3 is 0 Å². The van der Waals surface area contributed by atoms with Crippen molar-refractivity contribution in [3.8, 4) is 11.5 Å². The van der Waals surface area contributed by atoms with Crippen molar-refractivity contribution in [3.05, 3.63) is 59.7 Å². The average molecular weight is 490 g/mol. The van der Waals surface area contributed by atoms with Crippen molar-refractivity contribution < 1.29 is 14.3 Å². The number of methoxy groups -OCH3 is 2. The molecule has 10 heteroatoms. The monoisotopic (exact) mass is 489 g/mol. The first-order chi connectivity index (χ1) is 17.7. The van der Waals surface area contributed by atoms with E-state index in [1.54, 1.807) is 38.9 Å². The maximum atomic E-state index is 13.2. The lowest BCUT2D eigenvalue weighted by Gasteiger charge is -2.30. The maximum Gasteiger partial charge on any atom is 0.274 e. The van der Waals surface area contributed by atoms with Crippen molar-refractivity contribution in [1.29, 1.82) is 0 Å². The van der Waals surface area contributed by atoms with Gasteiger partial charge in [-0.1, -0.05) is 0 Å². The van der Waals surface area contributed by atoms with Crippen LogP contribution < -0.4 is 29.9 Å². The van der Waals surface area contributed by atoms with E-state index < -0.39 is 0 Å². The first kappa shape index (κ1) is 23.8. The van der Waals surface area contributed by atoms with Crippen LogP contribution in [-0.4, -0.2) is 74.3 Å². The third-order valence-corrected chi connectivity index (χ3v) is 6.67. The van der Waals surface area contributed by atoms with Crippen LogP contribution in [0.5, 0.6) is 11.5 Å². The Bertz CT molecular complexity index is 1190. The van der Waals surface area contributed by atoms with E-state index in [4.69, 9.17) is 9.47 Å². The number of hydrogen-bond acceptors (Lipinski definition) is 9. The summed E-state index contributed by atoms with van der Waals surface area (Å²) in [7, 11) is 3.30. The fraction of sp³-hybridized carbons (Fsp3) is 0.385. The Morgan fingerprint density at radius 3 is 2.31 bits per heavy atom. The first-order valence-electron chi connectivity index (χ1n) is 12.2. The molecule has 3 aromatic rings. The van der Waals surface area contributed by atoms with Crippen LogP contribution in [0, 0.1) is 0 Å². The van der Waals surface area contributed by atoms with Crippen LogP contribution in [0.15, 0.2) is 42.9 Å². The van der Waals surface area contributed by atoms with Crippen molar-refractivity contribution >= 4 is 23.2 Å². The Kier molecular flexibility index (Phi) is 7.13. The Morgan fingerprint density at radius 1 is 0.944 bits per heavy atom. The predicted octanol–water partition coefficient (Wildman–Crippen LogP) is 2.16. The van der Waals surface area contributed by atoms with E-state index in [9.17, 15) is 4.79 Å².